The molecule has 524 valence electrons. The Morgan fingerprint density at radius 1 is 0.411 bits per heavy atom. The number of rotatable bonds is 61. The first-order valence-electron chi connectivity index (χ1n) is 37.2. The van der Waals surface area contributed by atoms with E-state index in [4.69, 9.17) is 18.9 Å². The summed E-state index contributed by atoms with van der Waals surface area (Å²) in [5.74, 6) is -0.229. The smallest absolute Gasteiger partial charge is 0.220 e. The van der Waals surface area contributed by atoms with E-state index in [1.54, 1.807) is 0 Å². The van der Waals surface area contributed by atoms with Crippen molar-refractivity contribution in [3.05, 3.63) is 72.9 Å². The van der Waals surface area contributed by atoms with E-state index in [0.717, 1.165) is 89.9 Å². The van der Waals surface area contributed by atoms with Crippen LogP contribution in [0.15, 0.2) is 72.9 Å². The number of aliphatic hydroxyl groups excluding tert-OH is 8. The second-order valence-corrected chi connectivity index (χ2v) is 26.0. The molecule has 0 spiro atoms. The molecule has 2 rings (SSSR count). The van der Waals surface area contributed by atoms with E-state index in [1.807, 2.05) is 0 Å². The second-order valence-electron chi connectivity index (χ2n) is 26.0. The zero-order chi connectivity index (χ0) is 65.2. The molecular formula is C76H137NO13. The average molecular weight is 1270 g/mol. The Morgan fingerprint density at radius 2 is 0.767 bits per heavy atom. The number of carbonyl (C=O) groups excluding carboxylic acids is 1. The highest BCUT2D eigenvalue weighted by atomic mass is 16.7. The van der Waals surface area contributed by atoms with E-state index < -0.39 is 86.8 Å². The van der Waals surface area contributed by atoms with Gasteiger partial charge in [-0.15, -0.1) is 0 Å². The fourth-order valence-electron chi connectivity index (χ4n) is 12.1. The molecule has 0 bridgehead atoms. The summed E-state index contributed by atoms with van der Waals surface area (Å²) in [6.07, 6.45) is 65.0. The van der Waals surface area contributed by atoms with E-state index >= 15 is 0 Å². The Hall–Kier alpha value is -2.57. The first-order valence-corrected chi connectivity index (χ1v) is 37.2. The van der Waals surface area contributed by atoms with Crippen molar-refractivity contribution in [1.29, 1.82) is 0 Å². The van der Waals surface area contributed by atoms with Crippen molar-refractivity contribution < 1.29 is 64.6 Å². The molecule has 1 amide bonds. The zero-order valence-corrected chi connectivity index (χ0v) is 57.1. The average Bonchev–Trinajstić information content (AvgIpc) is 1.28. The van der Waals surface area contributed by atoms with Crippen molar-refractivity contribution in [3.63, 3.8) is 0 Å². The molecule has 2 heterocycles. The van der Waals surface area contributed by atoms with Crippen molar-refractivity contribution in [1.82, 2.24) is 5.32 Å². The summed E-state index contributed by atoms with van der Waals surface area (Å²) in [6, 6.07) is -0.850. The van der Waals surface area contributed by atoms with E-state index in [0.29, 0.717) is 12.8 Å². The van der Waals surface area contributed by atoms with Gasteiger partial charge in [0.2, 0.25) is 5.91 Å². The molecule has 0 saturated carbocycles. The van der Waals surface area contributed by atoms with Gasteiger partial charge in [0.1, 0.15) is 48.8 Å². The van der Waals surface area contributed by atoms with Crippen molar-refractivity contribution in [3.8, 4) is 0 Å². The fraction of sp³-hybridized carbons (Fsp3) is 0.829. The van der Waals surface area contributed by atoms with Crippen LogP contribution in [0, 0.1) is 0 Å². The molecule has 2 saturated heterocycles. The summed E-state index contributed by atoms with van der Waals surface area (Å²) in [5.41, 5.74) is 0. The van der Waals surface area contributed by atoms with Crippen LogP contribution in [0.25, 0.3) is 0 Å². The molecule has 2 aliphatic rings. The third-order valence-electron chi connectivity index (χ3n) is 17.9. The number of hydrogen-bond acceptors (Lipinski definition) is 13. The number of aliphatic hydroxyl groups is 8. The van der Waals surface area contributed by atoms with Gasteiger partial charge in [-0.25, -0.2) is 0 Å². The maximum absolute atomic E-state index is 13.4. The number of unbranched alkanes of at least 4 members (excludes halogenated alkanes) is 36. The van der Waals surface area contributed by atoms with Crippen LogP contribution in [0.2, 0.25) is 0 Å². The van der Waals surface area contributed by atoms with Crippen LogP contribution >= 0.6 is 0 Å². The Kier molecular flexibility index (Phi) is 55.8. The lowest BCUT2D eigenvalue weighted by Gasteiger charge is -2.46. The highest BCUT2D eigenvalue weighted by Gasteiger charge is 2.51. The van der Waals surface area contributed by atoms with Crippen LogP contribution < -0.4 is 5.32 Å². The van der Waals surface area contributed by atoms with Gasteiger partial charge in [-0.2, -0.15) is 0 Å². The molecule has 14 nitrogen and oxygen atoms in total. The summed E-state index contributed by atoms with van der Waals surface area (Å²) in [4.78, 5) is 13.4. The van der Waals surface area contributed by atoms with Gasteiger partial charge in [0.15, 0.2) is 12.6 Å². The largest absolute Gasteiger partial charge is 0.394 e. The van der Waals surface area contributed by atoms with E-state index in [1.165, 1.54) is 186 Å². The van der Waals surface area contributed by atoms with Crippen molar-refractivity contribution in [2.75, 3.05) is 19.8 Å². The zero-order valence-electron chi connectivity index (χ0n) is 57.1. The third kappa shape index (κ3) is 43.4. The van der Waals surface area contributed by atoms with Gasteiger partial charge >= 0.3 is 0 Å². The van der Waals surface area contributed by atoms with Crippen LogP contribution in [-0.2, 0) is 23.7 Å². The summed E-state index contributed by atoms with van der Waals surface area (Å²) in [6.45, 7) is 2.76. The Labute approximate surface area is 548 Å². The van der Waals surface area contributed by atoms with Gasteiger partial charge in [0.25, 0.3) is 0 Å². The molecule has 0 aliphatic carbocycles. The van der Waals surface area contributed by atoms with Crippen LogP contribution in [0.1, 0.15) is 309 Å². The lowest BCUT2D eigenvalue weighted by molar-refractivity contribution is -0.359. The van der Waals surface area contributed by atoms with E-state index in [2.05, 4.69) is 92.1 Å². The summed E-state index contributed by atoms with van der Waals surface area (Å²) < 4.78 is 22.9. The predicted octanol–water partition coefficient (Wildman–Crippen LogP) is 15.8. The van der Waals surface area contributed by atoms with Crippen LogP contribution in [0.5, 0.6) is 0 Å². The third-order valence-corrected chi connectivity index (χ3v) is 17.9. The molecule has 14 heteroatoms. The standard InChI is InChI=1S/C76H137NO13/c1-3-5-7-9-11-13-15-17-19-21-23-25-27-28-29-30-31-32-33-34-35-36-38-39-41-43-45-47-49-51-53-55-57-59-65(80)64(63-87-75-73(86)71(84)74(67(62-79)89-75)90-76-72(85)70(83)69(82)66(61-78)88-76)77-68(81)60-58-56-54-52-50-48-46-44-42-40-37-26-24-22-20-18-16-14-12-10-8-6-4-2/h6,8,12,14,18,20,24,26,40,42,46,48,64-67,69-76,78-80,82-86H,3-5,7,9-11,13,15-17,19,21-23,25,27-39,41,43-45,47,49-63H2,1-2H3,(H,77,81)/b8-6-,14-12-,20-18-,26-24-,42-40-,48-46-. The molecular weight excluding hydrogens is 1130 g/mol. The van der Waals surface area contributed by atoms with Gasteiger partial charge in [-0.05, 0) is 64.2 Å². The number of amides is 1. The quantitative estimate of drug-likeness (QED) is 0.0204. The molecule has 0 aromatic rings. The number of allylic oxidation sites excluding steroid dienone is 12. The SMILES string of the molecule is CC/C=C\C/C=C\C/C=C\C/C=C\C/C=C\C/C=C\CCCCCCC(=O)NC(COC1OC(CO)C(OC2OC(CO)C(O)C(O)C2O)C(O)C1O)C(O)CCCCCCCCCCCCCCCCCCCCCCCCCCCCCCCCCCC. The summed E-state index contributed by atoms with van der Waals surface area (Å²) in [7, 11) is 0. The lowest BCUT2D eigenvalue weighted by Crippen LogP contribution is -2.65. The van der Waals surface area contributed by atoms with Gasteiger partial charge in [-0.1, -0.05) is 311 Å². The number of ether oxygens (including phenoxy) is 4. The molecule has 0 aromatic heterocycles. The van der Waals surface area contributed by atoms with Crippen molar-refractivity contribution >= 4 is 5.91 Å². The minimum absolute atomic E-state index is 0.229. The molecule has 0 aromatic carbocycles. The Bertz CT molecular complexity index is 1790. The number of carbonyl (C=O) groups is 1. The van der Waals surface area contributed by atoms with Gasteiger partial charge < -0.3 is 65.1 Å². The highest BCUT2D eigenvalue weighted by molar-refractivity contribution is 5.76. The predicted molar refractivity (Wildman–Crippen MR) is 369 cm³/mol. The maximum Gasteiger partial charge on any atom is 0.220 e. The highest BCUT2D eigenvalue weighted by Crippen LogP contribution is 2.30. The number of nitrogens with one attached hydrogen (secondary N) is 1. The molecule has 90 heavy (non-hydrogen) atoms. The monoisotopic (exact) mass is 1270 g/mol. The minimum atomic E-state index is -1.79. The molecule has 12 atom stereocenters. The summed E-state index contributed by atoms with van der Waals surface area (Å²) in [5, 5.41) is 87.7. The van der Waals surface area contributed by atoms with Crippen LogP contribution in [0.3, 0.4) is 0 Å². The minimum Gasteiger partial charge on any atom is -0.394 e. The summed E-state index contributed by atoms with van der Waals surface area (Å²) >= 11 is 0. The Morgan fingerprint density at radius 3 is 1.18 bits per heavy atom. The van der Waals surface area contributed by atoms with Gasteiger partial charge in [0.05, 0.1) is 32.0 Å². The topological polar surface area (TPSA) is 228 Å². The van der Waals surface area contributed by atoms with Crippen molar-refractivity contribution in [2.24, 2.45) is 0 Å². The molecule has 2 aliphatic heterocycles. The molecule has 12 unspecified atom stereocenters. The number of hydrogen-bond donors (Lipinski definition) is 9. The van der Waals surface area contributed by atoms with Crippen LogP contribution in [0.4, 0.5) is 0 Å². The van der Waals surface area contributed by atoms with Crippen LogP contribution in [-0.4, -0.2) is 140 Å². The van der Waals surface area contributed by atoms with Crippen molar-refractivity contribution in [2.45, 2.75) is 383 Å². The fourth-order valence-corrected chi connectivity index (χ4v) is 12.1. The second kappa shape index (κ2) is 60.1. The first-order chi connectivity index (χ1) is 44.1. The lowest BCUT2D eigenvalue weighted by atomic mass is 9.97. The Balaban J connectivity index is 1.64. The normalized spacial score (nSPS) is 23.3. The maximum atomic E-state index is 13.4. The van der Waals surface area contributed by atoms with E-state index in [9.17, 15) is 45.6 Å². The molecule has 9 N–H and O–H groups in total. The molecule has 2 fully saturated rings. The van der Waals surface area contributed by atoms with Gasteiger partial charge in [-0.3, -0.25) is 4.79 Å². The molecule has 0 radical (unpaired) electrons. The first kappa shape index (κ1) is 83.5. The van der Waals surface area contributed by atoms with Gasteiger partial charge in [0, 0.05) is 6.42 Å². The van der Waals surface area contributed by atoms with E-state index in [-0.39, 0.29) is 18.9 Å².